The molecule has 7 nitrogen and oxygen atoms in total. The summed E-state index contributed by atoms with van der Waals surface area (Å²) in [5, 5.41) is 17.9. The van der Waals surface area contributed by atoms with Gasteiger partial charge in [-0.15, -0.1) is 0 Å². The average Bonchev–Trinajstić information content (AvgIpc) is 3.09. The largest absolute Gasteiger partial charge is 0.390 e. The number of para-hydroxylation sites is 1. The minimum absolute atomic E-state index is 0.0690. The van der Waals surface area contributed by atoms with Gasteiger partial charge in [0, 0.05) is 43.3 Å². The van der Waals surface area contributed by atoms with E-state index in [1.807, 2.05) is 54.6 Å². The number of hydrogen-bond acceptors (Lipinski definition) is 7. The van der Waals surface area contributed by atoms with Gasteiger partial charge in [-0.3, -0.25) is 9.11 Å². The summed E-state index contributed by atoms with van der Waals surface area (Å²) in [6.07, 6.45) is -0.446. The molecule has 0 amide bonds. The zero-order valence-electron chi connectivity index (χ0n) is 16.5. The number of nitrogens with one attached hydrogen (secondary N) is 2. The zero-order valence-corrected chi connectivity index (χ0v) is 17.3. The monoisotopic (exact) mass is 426 g/mol. The normalized spacial score (nSPS) is 24.3. The summed E-state index contributed by atoms with van der Waals surface area (Å²) < 4.78 is 21.3. The van der Waals surface area contributed by atoms with Gasteiger partial charge in [0.1, 0.15) is 5.82 Å². The fourth-order valence-electron chi connectivity index (χ4n) is 4.24. The third-order valence-corrected chi connectivity index (χ3v) is 7.74. The van der Waals surface area contributed by atoms with Crippen molar-refractivity contribution in [3.05, 3.63) is 60.2 Å². The molecule has 5 N–H and O–H groups in total. The second-order valence-corrected chi connectivity index (χ2v) is 10.1. The average molecular weight is 427 g/mol. The first-order chi connectivity index (χ1) is 14.5. The fourth-order valence-corrected chi connectivity index (χ4v) is 5.78. The van der Waals surface area contributed by atoms with Crippen LogP contribution < -0.4 is 15.5 Å². The molecule has 2 aromatic carbocycles. The maximum absolute atomic E-state index is 10.7. The zero-order chi connectivity index (χ0) is 20.7. The molecule has 30 heavy (non-hydrogen) atoms. The number of nitrogens with zero attached hydrogens (tertiary/aromatic N) is 2. The lowest BCUT2D eigenvalue weighted by Crippen LogP contribution is -2.32. The fraction of sp³-hybridized carbons (Fsp3) is 0.318. The van der Waals surface area contributed by atoms with Gasteiger partial charge in [0.15, 0.2) is 0 Å². The number of aromatic nitrogens is 1. The van der Waals surface area contributed by atoms with Crippen LogP contribution in [0.15, 0.2) is 59.5 Å². The number of aliphatic hydroxyl groups excluding tert-OH is 1. The molecule has 2 aliphatic rings. The Balaban J connectivity index is 1.54. The summed E-state index contributed by atoms with van der Waals surface area (Å²) in [5.41, 5.74) is 2.70. The lowest BCUT2D eigenvalue weighted by molar-refractivity contribution is 0.185. The van der Waals surface area contributed by atoms with Crippen molar-refractivity contribution in [2.45, 2.75) is 23.6 Å². The lowest BCUT2D eigenvalue weighted by Gasteiger charge is -2.32. The Morgan fingerprint density at radius 2 is 1.87 bits per heavy atom. The minimum Gasteiger partial charge on any atom is -0.390 e. The van der Waals surface area contributed by atoms with Gasteiger partial charge in [0.05, 0.1) is 28.3 Å². The molecule has 1 fully saturated rings. The van der Waals surface area contributed by atoms with Gasteiger partial charge in [-0.2, -0.15) is 10.6 Å². The highest BCUT2D eigenvalue weighted by molar-refractivity contribution is 8.24. The molecule has 3 heterocycles. The number of rotatable bonds is 3. The van der Waals surface area contributed by atoms with E-state index in [1.54, 1.807) is 0 Å². The number of benzene rings is 2. The number of aliphatic hydroxyl groups is 1. The van der Waals surface area contributed by atoms with Crippen LogP contribution in [0.4, 0.5) is 11.5 Å². The van der Waals surface area contributed by atoms with Gasteiger partial charge in [-0.05, 0) is 17.7 Å². The molecule has 0 aliphatic carbocycles. The van der Waals surface area contributed by atoms with Crippen LogP contribution in [-0.4, -0.2) is 56.7 Å². The van der Waals surface area contributed by atoms with Crippen LogP contribution in [0.5, 0.6) is 0 Å². The summed E-state index contributed by atoms with van der Waals surface area (Å²) in [5.74, 6) is 1.05. The molecule has 2 atom stereocenters. The van der Waals surface area contributed by atoms with Crippen LogP contribution in [0.25, 0.3) is 10.9 Å². The standard InChI is InChI=1S/C22H26N4O3S/c27-20-13-23-12-19(20)24-18-11-22(25-17-7-3-2-6-16(17)18)26-9-10-30(28,29)21-8-4-1-5-15(21)14-26/h1-8,11,19-20,23,27-29H,9-10,12-14H2,(H,24,25). The van der Waals surface area contributed by atoms with E-state index >= 15 is 0 Å². The van der Waals surface area contributed by atoms with E-state index in [2.05, 4.69) is 15.5 Å². The molecule has 2 aliphatic heterocycles. The maximum atomic E-state index is 10.7. The summed E-state index contributed by atoms with van der Waals surface area (Å²) in [6.45, 7) is 2.33. The number of anilines is 2. The lowest BCUT2D eigenvalue weighted by atomic mass is 10.1. The highest BCUT2D eigenvalue weighted by Gasteiger charge is 2.28. The Kier molecular flexibility index (Phi) is 5.04. The smallest absolute Gasteiger partial charge is 0.131 e. The van der Waals surface area contributed by atoms with Gasteiger partial charge in [0.25, 0.3) is 0 Å². The second-order valence-electron chi connectivity index (χ2n) is 7.92. The Morgan fingerprint density at radius 1 is 1.07 bits per heavy atom. The van der Waals surface area contributed by atoms with Crippen LogP contribution in [0, 0.1) is 0 Å². The summed E-state index contributed by atoms with van der Waals surface area (Å²) in [4.78, 5) is 7.60. The predicted octanol–water partition coefficient (Wildman–Crippen LogP) is 3.11. The molecular weight excluding hydrogens is 400 g/mol. The van der Waals surface area contributed by atoms with Crippen molar-refractivity contribution in [3.63, 3.8) is 0 Å². The highest BCUT2D eigenvalue weighted by atomic mass is 32.3. The van der Waals surface area contributed by atoms with E-state index < -0.39 is 16.7 Å². The van der Waals surface area contributed by atoms with Gasteiger partial charge in [-0.1, -0.05) is 36.4 Å². The first-order valence-corrected chi connectivity index (χ1v) is 11.9. The highest BCUT2D eigenvalue weighted by Crippen LogP contribution is 2.51. The molecule has 0 saturated carbocycles. The van der Waals surface area contributed by atoms with E-state index in [9.17, 15) is 14.2 Å². The van der Waals surface area contributed by atoms with Crippen molar-refractivity contribution >= 4 is 33.0 Å². The van der Waals surface area contributed by atoms with Crippen LogP contribution in [0.2, 0.25) is 0 Å². The van der Waals surface area contributed by atoms with Crippen molar-refractivity contribution < 1.29 is 14.2 Å². The first-order valence-electron chi connectivity index (χ1n) is 10.2. The van der Waals surface area contributed by atoms with Gasteiger partial charge in [0.2, 0.25) is 0 Å². The first kappa shape index (κ1) is 19.6. The summed E-state index contributed by atoms with van der Waals surface area (Å²) >= 11 is 0. The molecular formula is C22H26N4O3S. The van der Waals surface area contributed by atoms with Crippen molar-refractivity contribution in [1.82, 2.24) is 10.3 Å². The van der Waals surface area contributed by atoms with Crippen molar-refractivity contribution in [1.29, 1.82) is 0 Å². The number of hydrogen-bond donors (Lipinski definition) is 5. The molecule has 0 radical (unpaired) electrons. The van der Waals surface area contributed by atoms with Crippen LogP contribution in [0.1, 0.15) is 5.56 Å². The molecule has 8 heteroatoms. The molecule has 5 rings (SSSR count). The third-order valence-electron chi connectivity index (χ3n) is 5.88. The van der Waals surface area contributed by atoms with E-state index in [-0.39, 0.29) is 11.8 Å². The quantitative estimate of drug-likeness (QED) is 0.439. The number of β-amino-alcohol motifs (C(OH)–C–C–N with tert-alkyl or cyclic N) is 1. The van der Waals surface area contributed by atoms with Crippen LogP contribution in [-0.2, 0) is 6.54 Å². The second kappa shape index (κ2) is 7.72. The molecule has 1 saturated heterocycles. The van der Waals surface area contributed by atoms with Gasteiger partial charge in [-0.25, -0.2) is 4.98 Å². The van der Waals surface area contributed by atoms with E-state index in [4.69, 9.17) is 4.98 Å². The SMILES string of the molecule is OC1CNCC1Nc1cc(N2CCS(O)(O)c3ccccc3C2)nc2ccccc12. The van der Waals surface area contributed by atoms with Crippen molar-refractivity contribution in [2.75, 3.05) is 35.6 Å². The number of pyridine rings is 1. The molecule has 0 spiro atoms. The molecule has 158 valence electrons. The predicted molar refractivity (Wildman–Crippen MR) is 122 cm³/mol. The van der Waals surface area contributed by atoms with Crippen molar-refractivity contribution in [3.8, 4) is 0 Å². The van der Waals surface area contributed by atoms with Crippen molar-refractivity contribution in [2.24, 2.45) is 0 Å². The van der Waals surface area contributed by atoms with E-state index in [1.165, 1.54) is 0 Å². The number of fused-ring (bicyclic) bond motifs is 2. The Bertz CT molecular complexity index is 1080. The molecule has 3 aromatic rings. The van der Waals surface area contributed by atoms with Crippen LogP contribution in [0.3, 0.4) is 0 Å². The summed E-state index contributed by atoms with van der Waals surface area (Å²) in [6, 6.07) is 17.4. The summed E-state index contributed by atoms with van der Waals surface area (Å²) in [7, 11) is -2.82. The topological polar surface area (TPSA) is 101 Å². The Labute approximate surface area is 177 Å². The Hall–Kier alpha value is -2.36. The minimum atomic E-state index is -2.82. The van der Waals surface area contributed by atoms with E-state index in [0.29, 0.717) is 31.1 Å². The third kappa shape index (κ3) is 3.61. The van der Waals surface area contributed by atoms with Gasteiger partial charge < -0.3 is 20.6 Å². The molecule has 2 unspecified atom stereocenters. The van der Waals surface area contributed by atoms with Gasteiger partial charge >= 0.3 is 0 Å². The maximum Gasteiger partial charge on any atom is 0.131 e. The van der Waals surface area contributed by atoms with E-state index in [0.717, 1.165) is 28.0 Å². The van der Waals surface area contributed by atoms with Crippen LogP contribution >= 0.6 is 10.6 Å². The molecule has 1 aromatic heterocycles. The molecule has 0 bridgehead atoms. The Morgan fingerprint density at radius 3 is 2.70 bits per heavy atom.